The van der Waals surface area contributed by atoms with Gasteiger partial charge >= 0.3 is 0 Å². The van der Waals surface area contributed by atoms with Crippen LogP contribution in [-0.4, -0.2) is 30.6 Å². The summed E-state index contributed by atoms with van der Waals surface area (Å²) in [6.07, 6.45) is 1.17. The molecule has 1 atom stereocenters. The van der Waals surface area contributed by atoms with Gasteiger partial charge in [0.05, 0.1) is 5.52 Å². The summed E-state index contributed by atoms with van der Waals surface area (Å²) in [6.45, 7) is 5.48. The van der Waals surface area contributed by atoms with Gasteiger partial charge in [0.15, 0.2) is 0 Å². The largest absolute Gasteiger partial charge is 0.359 e. The number of anilines is 2. The monoisotopic (exact) mass is 258 g/mol. The number of rotatable bonds is 5. The highest BCUT2D eigenvalue weighted by atomic mass is 15.2. The Morgan fingerprint density at radius 2 is 2.00 bits per heavy atom. The number of fused-ring (bicyclic) bond motifs is 1. The van der Waals surface area contributed by atoms with E-state index in [9.17, 15) is 0 Å². The third-order valence-electron chi connectivity index (χ3n) is 3.45. The first kappa shape index (κ1) is 13.6. The molecule has 102 valence electrons. The summed E-state index contributed by atoms with van der Waals surface area (Å²) in [6, 6.07) is 8.15. The van der Waals surface area contributed by atoms with Gasteiger partial charge in [0.25, 0.3) is 0 Å². The van der Waals surface area contributed by atoms with Crippen LogP contribution in [0.3, 0.4) is 0 Å². The predicted molar refractivity (Wildman–Crippen MR) is 81.8 cm³/mol. The van der Waals surface area contributed by atoms with Crippen LogP contribution < -0.4 is 10.2 Å². The first-order chi connectivity index (χ1) is 9.15. The summed E-state index contributed by atoms with van der Waals surface area (Å²) in [5.41, 5.74) is 0.979. The number of nitrogens with one attached hydrogen (secondary N) is 1. The van der Waals surface area contributed by atoms with Crippen molar-refractivity contribution >= 4 is 22.7 Å². The third-order valence-corrected chi connectivity index (χ3v) is 3.45. The van der Waals surface area contributed by atoms with Gasteiger partial charge in [-0.3, -0.25) is 0 Å². The zero-order chi connectivity index (χ0) is 13.8. The number of aromatic nitrogens is 2. The summed E-state index contributed by atoms with van der Waals surface area (Å²) in [5, 5.41) is 4.14. The molecular formula is C15H22N4. The molecule has 0 aliphatic carbocycles. The molecule has 0 bridgehead atoms. The Balaban J connectivity index is 2.45. The van der Waals surface area contributed by atoms with Gasteiger partial charge in [-0.15, -0.1) is 0 Å². The average Bonchev–Trinajstić information content (AvgIpc) is 2.45. The van der Waals surface area contributed by atoms with Gasteiger partial charge in [-0.2, -0.15) is 4.98 Å². The van der Waals surface area contributed by atoms with Gasteiger partial charge in [0.1, 0.15) is 5.82 Å². The molecule has 0 fully saturated rings. The lowest BCUT2D eigenvalue weighted by Crippen LogP contribution is -2.25. The second-order valence-electron chi connectivity index (χ2n) is 5.03. The van der Waals surface area contributed by atoms with Crippen molar-refractivity contribution in [3.8, 4) is 0 Å². The van der Waals surface area contributed by atoms with Gasteiger partial charge in [0.2, 0.25) is 5.95 Å². The second kappa shape index (κ2) is 5.87. The molecule has 4 heteroatoms. The summed E-state index contributed by atoms with van der Waals surface area (Å²) in [7, 11) is 3.95. The molecule has 0 saturated heterocycles. The molecule has 1 aromatic heterocycles. The van der Waals surface area contributed by atoms with E-state index in [4.69, 9.17) is 0 Å². The number of para-hydroxylation sites is 1. The summed E-state index contributed by atoms with van der Waals surface area (Å²) in [4.78, 5) is 11.3. The quantitative estimate of drug-likeness (QED) is 0.894. The van der Waals surface area contributed by atoms with Crippen LogP contribution in [0, 0.1) is 5.92 Å². The van der Waals surface area contributed by atoms with Crippen LogP contribution in [0.1, 0.15) is 20.3 Å². The Labute approximate surface area is 114 Å². The Hall–Kier alpha value is -1.84. The van der Waals surface area contributed by atoms with Crippen LogP contribution >= 0.6 is 0 Å². The van der Waals surface area contributed by atoms with E-state index in [1.165, 1.54) is 6.42 Å². The van der Waals surface area contributed by atoms with Crippen LogP contribution in [0.5, 0.6) is 0 Å². The lowest BCUT2D eigenvalue weighted by Gasteiger charge is -2.23. The summed E-state index contributed by atoms with van der Waals surface area (Å²) >= 11 is 0. The summed E-state index contributed by atoms with van der Waals surface area (Å²) < 4.78 is 0. The van der Waals surface area contributed by atoms with E-state index in [0.717, 1.165) is 23.3 Å². The maximum absolute atomic E-state index is 4.61. The molecular weight excluding hydrogens is 236 g/mol. The van der Waals surface area contributed by atoms with Crippen molar-refractivity contribution in [3.05, 3.63) is 24.3 Å². The molecule has 0 amide bonds. The van der Waals surface area contributed by atoms with E-state index in [0.29, 0.717) is 11.9 Å². The minimum Gasteiger partial charge on any atom is -0.359 e. The molecule has 1 unspecified atom stereocenters. The van der Waals surface area contributed by atoms with E-state index in [1.807, 2.05) is 25.2 Å². The van der Waals surface area contributed by atoms with Gasteiger partial charge in [0, 0.05) is 26.0 Å². The van der Waals surface area contributed by atoms with Gasteiger partial charge in [-0.05, 0) is 18.1 Å². The fraction of sp³-hybridized carbons (Fsp3) is 0.467. The third kappa shape index (κ3) is 2.95. The highest BCUT2D eigenvalue weighted by Gasteiger charge is 2.12. The minimum atomic E-state index is 0.650. The lowest BCUT2D eigenvalue weighted by atomic mass is 10.1. The zero-order valence-electron chi connectivity index (χ0n) is 12.1. The summed E-state index contributed by atoms with van der Waals surface area (Å²) in [5.74, 6) is 2.32. The Bertz CT molecular complexity index is 553. The highest BCUT2D eigenvalue weighted by molar-refractivity contribution is 5.90. The number of hydrogen-bond acceptors (Lipinski definition) is 4. The van der Waals surface area contributed by atoms with Gasteiger partial charge < -0.3 is 10.2 Å². The molecule has 2 aromatic rings. The zero-order valence-corrected chi connectivity index (χ0v) is 12.1. The minimum absolute atomic E-state index is 0.650. The van der Waals surface area contributed by atoms with Crippen molar-refractivity contribution in [2.75, 3.05) is 30.9 Å². The van der Waals surface area contributed by atoms with E-state index >= 15 is 0 Å². The topological polar surface area (TPSA) is 41.1 Å². The smallest absolute Gasteiger partial charge is 0.224 e. The number of hydrogen-bond donors (Lipinski definition) is 1. The molecule has 0 aliphatic rings. The molecule has 1 aromatic carbocycles. The average molecular weight is 258 g/mol. The van der Waals surface area contributed by atoms with Crippen molar-refractivity contribution in [2.45, 2.75) is 20.3 Å². The van der Waals surface area contributed by atoms with Crippen LogP contribution in [0.4, 0.5) is 11.8 Å². The van der Waals surface area contributed by atoms with Crippen molar-refractivity contribution < 1.29 is 0 Å². The van der Waals surface area contributed by atoms with Gasteiger partial charge in [-0.1, -0.05) is 32.4 Å². The molecule has 0 spiro atoms. The normalized spacial score (nSPS) is 12.4. The molecule has 4 nitrogen and oxygen atoms in total. The van der Waals surface area contributed by atoms with E-state index in [2.05, 4.69) is 47.1 Å². The number of benzene rings is 1. The Kier molecular flexibility index (Phi) is 4.20. The second-order valence-corrected chi connectivity index (χ2v) is 5.03. The van der Waals surface area contributed by atoms with E-state index in [1.54, 1.807) is 0 Å². The van der Waals surface area contributed by atoms with E-state index in [-0.39, 0.29) is 0 Å². The molecule has 0 radical (unpaired) electrons. The highest BCUT2D eigenvalue weighted by Crippen LogP contribution is 2.25. The Morgan fingerprint density at radius 1 is 1.26 bits per heavy atom. The first-order valence-corrected chi connectivity index (χ1v) is 6.81. The molecule has 19 heavy (non-hydrogen) atoms. The number of nitrogens with zero attached hydrogens (tertiary/aromatic N) is 3. The standard InChI is InChI=1S/C15H22N4/c1-5-11(2)10-19(4)14-12-8-6-7-9-13(12)17-15(16-3)18-14/h6-9,11H,5,10H2,1-4H3,(H,16,17,18). The Morgan fingerprint density at radius 3 is 2.68 bits per heavy atom. The van der Waals surface area contributed by atoms with Crippen molar-refractivity contribution in [3.63, 3.8) is 0 Å². The SMILES string of the molecule is CCC(C)CN(C)c1nc(NC)nc2ccccc12. The fourth-order valence-electron chi connectivity index (χ4n) is 2.15. The van der Waals surface area contributed by atoms with Crippen LogP contribution in [0.15, 0.2) is 24.3 Å². The molecule has 2 rings (SSSR count). The molecule has 1 heterocycles. The molecule has 0 saturated carbocycles. The molecule has 1 N–H and O–H groups in total. The fourth-order valence-corrected chi connectivity index (χ4v) is 2.15. The predicted octanol–water partition coefficient (Wildman–Crippen LogP) is 3.15. The first-order valence-electron chi connectivity index (χ1n) is 6.81. The maximum Gasteiger partial charge on any atom is 0.224 e. The van der Waals surface area contributed by atoms with Gasteiger partial charge in [-0.25, -0.2) is 4.98 Å². The molecule has 0 aliphatic heterocycles. The van der Waals surface area contributed by atoms with Crippen molar-refractivity contribution in [1.82, 2.24) is 9.97 Å². The van der Waals surface area contributed by atoms with Crippen molar-refractivity contribution in [1.29, 1.82) is 0 Å². The van der Waals surface area contributed by atoms with E-state index < -0.39 is 0 Å². The van der Waals surface area contributed by atoms with Crippen LogP contribution in [-0.2, 0) is 0 Å². The van der Waals surface area contributed by atoms with Crippen molar-refractivity contribution in [2.24, 2.45) is 5.92 Å². The van der Waals surface area contributed by atoms with Crippen LogP contribution in [0.25, 0.3) is 10.9 Å². The maximum atomic E-state index is 4.61. The lowest BCUT2D eigenvalue weighted by molar-refractivity contribution is 0.558. The van der Waals surface area contributed by atoms with Crippen LogP contribution in [0.2, 0.25) is 0 Å².